The maximum absolute atomic E-state index is 12.7. The summed E-state index contributed by atoms with van der Waals surface area (Å²) in [6, 6.07) is 6.50. The first-order chi connectivity index (χ1) is 13.3. The van der Waals surface area contributed by atoms with Crippen LogP contribution in [-0.2, 0) is 19.6 Å². The van der Waals surface area contributed by atoms with Gasteiger partial charge in [-0.2, -0.15) is 4.31 Å². The molecule has 28 heavy (non-hydrogen) atoms. The van der Waals surface area contributed by atoms with E-state index in [-0.39, 0.29) is 30.6 Å². The fraction of sp³-hybridized carbons (Fsp3) is 0.579. The number of benzene rings is 1. The number of piperidine rings is 2. The summed E-state index contributed by atoms with van der Waals surface area (Å²) in [4.78, 5) is 26.1. The minimum Gasteiger partial charge on any atom is -0.391 e. The highest BCUT2D eigenvalue weighted by Crippen LogP contribution is 2.21. The quantitative estimate of drug-likeness (QED) is 0.696. The van der Waals surface area contributed by atoms with Gasteiger partial charge in [-0.05, 0) is 44.7 Å². The Bertz CT molecular complexity index is 816. The third kappa shape index (κ3) is 4.71. The summed E-state index contributed by atoms with van der Waals surface area (Å²) < 4.78 is 26.9. The Morgan fingerprint density at radius 2 is 1.71 bits per heavy atom. The van der Waals surface area contributed by atoms with Crippen LogP contribution in [0.2, 0.25) is 0 Å². The van der Waals surface area contributed by atoms with E-state index >= 15 is 0 Å². The van der Waals surface area contributed by atoms with Gasteiger partial charge in [-0.1, -0.05) is 17.7 Å². The molecule has 0 aromatic heterocycles. The molecule has 8 nitrogen and oxygen atoms in total. The lowest BCUT2D eigenvalue weighted by atomic mass is 10.1. The lowest BCUT2D eigenvalue weighted by molar-refractivity contribution is -0.148. The number of amides is 2. The monoisotopic (exact) mass is 409 g/mol. The molecular formula is C19H27N3O5S. The van der Waals surface area contributed by atoms with E-state index in [0.29, 0.717) is 32.2 Å². The van der Waals surface area contributed by atoms with Gasteiger partial charge in [0, 0.05) is 32.2 Å². The number of aryl methyl sites for hydroxylation is 1. The lowest BCUT2D eigenvalue weighted by Crippen LogP contribution is -2.52. The zero-order valence-corrected chi connectivity index (χ0v) is 16.8. The second kappa shape index (κ2) is 8.59. The number of hydrogen-bond acceptors (Lipinski definition) is 5. The predicted molar refractivity (Wildman–Crippen MR) is 103 cm³/mol. The Morgan fingerprint density at radius 1 is 1.07 bits per heavy atom. The number of aliphatic hydroxyl groups is 1. The van der Waals surface area contributed by atoms with E-state index in [1.807, 2.05) is 6.92 Å². The molecule has 1 aromatic rings. The third-order valence-electron chi connectivity index (χ3n) is 5.33. The molecule has 2 saturated heterocycles. The zero-order valence-electron chi connectivity index (χ0n) is 16.0. The molecule has 0 radical (unpaired) electrons. The van der Waals surface area contributed by atoms with Crippen LogP contribution in [0.25, 0.3) is 0 Å². The van der Waals surface area contributed by atoms with E-state index in [4.69, 9.17) is 0 Å². The topological polar surface area (TPSA) is 107 Å². The van der Waals surface area contributed by atoms with Crippen LogP contribution in [0.4, 0.5) is 0 Å². The van der Waals surface area contributed by atoms with Crippen molar-refractivity contribution in [2.45, 2.75) is 49.6 Å². The SMILES string of the molecule is Cc1ccc(S(=O)(=O)N2CCC(NC(=O)C(=O)N3CCC[C@@H](O)C3)CC2)cc1. The number of nitrogens with zero attached hydrogens (tertiary/aromatic N) is 2. The standard InChI is InChI=1S/C19H27N3O5S/c1-14-4-6-17(7-5-14)28(26,27)22-11-8-15(9-12-22)20-18(24)19(25)21-10-2-3-16(23)13-21/h4-7,15-16,23H,2-3,8-13H2,1H3,(H,20,24)/t16-/m1/s1. The van der Waals surface area contributed by atoms with Gasteiger partial charge in [0.05, 0.1) is 11.0 Å². The second-order valence-electron chi connectivity index (χ2n) is 7.51. The van der Waals surface area contributed by atoms with Crippen molar-refractivity contribution in [3.63, 3.8) is 0 Å². The minimum absolute atomic E-state index is 0.180. The Morgan fingerprint density at radius 3 is 2.32 bits per heavy atom. The number of aliphatic hydroxyl groups excluding tert-OH is 1. The van der Waals surface area contributed by atoms with Gasteiger partial charge in [0.15, 0.2) is 0 Å². The van der Waals surface area contributed by atoms with Gasteiger partial charge in [-0.3, -0.25) is 9.59 Å². The van der Waals surface area contributed by atoms with Gasteiger partial charge >= 0.3 is 11.8 Å². The maximum Gasteiger partial charge on any atom is 0.311 e. The Kier molecular flexibility index (Phi) is 6.36. The van der Waals surface area contributed by atoms with Crippen molar-refractivity contribution in [1.29, 1.82) is 0 Å². The average molecular weight is 410 g/mol. The summed E-state index contributed by atoms with van der Waals surface area (Å²) >= 11 is 0. The normalized spacial score (nSPS) is 22.1. The van der Waals surface area contributed by atoms with E-state index in [9.17, 15) is 23.1 Å². The fourth-order valence-electron chi connectivity index (χ4n) is 3.63. The number of sulfonamides is 1. The van der Waals surface area contributed by atoms with Crippen LogP contribution in [0, 0.1) is 6.92 Å². The number of likely N-dealkylation sites (tertiary alicyclic amines) is 1. The van der Waals surface area contributed by atoms with Gasteiger partial charge in [0.25, 0.3) is 0 Å². The zero-order chi connectivity index (χ0) is 20.3. The molecule has 0 unspecified atom stereocenters. The smallest absolute Gasteiger partial charge is 0.311 e. The van der Waals surface area contributed by atoms with Gasteiger partial charge in [-0.25, -0.2) is 8.42 Å². The van der Waals surface area contributed by atoms with Crippen LogP contribution in [0.3, 0.4) is 0 Å². The summed E-state index contributed by atoms with van der Waals surface area (Å²) in [5.74, 6) is -1.32. The summed E-state index contributed by atoms with van der Waals surface area (Å²) in [5.41, 5.74) is 0.992. The van der Waals surface area contributed by atoms with Crippen LogP contribution in [0.5, 0.6) is 0 Å². The maximum atomic E-state index is 12.7. The highest BCUT2D eigenvalue weighted by Gasteiger charge is 2.32. The highest BCUT2D eigenvalue weighted by atomic mass is 32.2. The molecule has 0 aliphatic carbocycles. The number of hydrogen-bond donors (Lipinski definition) is 2. The number of rotatable bonds is 3. The number of β-amino-alcohol motifs (C(OH)–C–C–N with tert-alkyl or cyclic N) is 1. The average Bonchev–Trinajstić information content (AvgIpc) is 2.68. The van der Waals surface area contributed by atoms with Crippen molar-refractivity contribution >= 4 is 21.8 Å². The molecule has 2 N–H and O–H groups in total. The molecule has 0 spiro atoms. The van der Waals surface area contributed by atoms with E-state index in [1.54, 1.807) is 24.3 Å². The molecule has 3 rings (SSSR count). The van der Waals surface area contributed by atoms with E-state index in [1.165, 1.54) is 9.21 Å². The molecule has 9 heteroatoms. The van der Waals surface area contributed by atoms with Crippen molar-refractivity contribution in [1.82, 2.24) is 14.5 Å². The van der Waals surface area contributed by atoms with Crippen molar-refractivity contribution in [2.75, 3.05) is 26.2 Å². The van der Waals surface area contributed by atoms with Crippen LogP contribution in [-0.4, -0.2) is 72.9 Å². The molecular weight excluding hydrogens is 382 g/mol. The molecule has 2 amide bonds. The second-order valence-corrected chi connectivity index (χ2v) is 9.45. The summed E-state index contributed by atoms with van der Waals surface area (Å²) in [5, 5.41) is 12.4. The molecule has 1 atom stereocenters. The van der Waals surface area contributed by atoms with E-state index in [0.717, 1.165) is 5.56 Å². The fourth-order valence-corrected chi connectivity index (χ4v) is 5.10. The Balaban J connectivity index is 1.53. The molecule has 2 aliphatic rings. The van der Waals surface area contributed by atoms with Crippen molar-refractivity contribution in [3.05, 3.63) is 29.8 Å². The summed E-state index contributed by atoms with van der Waals surface area (Å²) in [6.07, 6.45) is 1.63. The molecule has 0 bridgehead atoms. The van der Waals surface area contributed by atoms with E-state index in [2.05, 4.69) is 5.32 Å². The predicted octanol–water partition coefficient (Wildman–Crippen LogP) is 0.248. The van der Waals surface area contributed by atoms with Crippen LogP contribution in [0.15, 0.2) is 29.2 Å². The van der Waals surface area contributed by atoms with E-state index < -0.39 is 27.9 Å². The molecule has 2 fully saturated rings. The third-order valence-corrected chi connectivity index (χ3v) is 7.24. The van der Waals surface area contributed by atoms with Crippen molar-refractivity contribution < 1.29 is 23.1 Å². The molecule has 2 heterocycles. The number of nitrogens with one attached hydrogen (secondary N) is 1. The van der Waals surface area contributed by atoms with Crippen molar-refractivity contribution in [3.8, 4) is 0 Å². The highest BCUT2D eigenvalue weighted by molar-refractivity contribution is 7.89. The largest absolute Gasteiger partial charge is 0.391 e. The first kappa shape index (κ1) is 20.8. The first-order valence-electron chi connectivity index (χ1n) is 9.62. The van der Waals surface area contributed by atoms with Gasteiger partial charge < -0.3 is 15.3 Å². The Labute approximate surface area is 165 Å². The first-order valence-corrected chi connectivity index (χ1v) is 11.1. The van der Waals surface area contributed by atoms with Crippen LogP contribution >= 0.6 is 0 Å². The molecule has 0 saturated carbocycles. The number of carbonyl (C=O) groups is 2. The molecule has 1 aromatic carbocycles. The summed E-state index contributed by atoms with van der Waals surface area (Å²) in [7, 11) is -3.55. The van der Waals surface area contributed by atoms with Gasteiger partial charge in [0.1, 0.15) is 0 Å². The van der Waals surface area contributed by atoms with Gasteiger partial charge in [-0.15, -0.1) is 0 Å². The lowest BCUT2D eigenvalue weighted by Gasteiger charge is -2.33. The molecule has 154 valence electrons. The molecule has 2 aliphatic heterocycles. The minimum atomic E-state index is -3.55. The Hall–Kier alpha value is -1.97. The van der Waals surface area contributed by atoms with Gasteiger partial charge in [0.2, 0.25) is 10.0 Å². The van der Waals surface area contributed by atoms with Crippen LogP contribution < -0.4 is 5.32 Å². The van der Waals surface area contributed by atoms with Crippen molar-refractivity contribution in [2.24, 2.45) is 0 Å². The number of carbonyl (C=O) groups excluding carboxylic acids is 2. The summed E-state index contributed by atoms with van der Waals surface area (Å²) in [6.45, 7) is 3.13. The van der Waals surface area contributed by atoms with Crippen LogP contribution in [0.1, 0.15) is 31.2 Å².